The van der Waals surface area contributed by atoms with Crippen molar-refractivity contribution in [3.63, 3.8) is 0 Å². The Morgan fingerprint density at radius 2 is 2.22 bits per heavy atom. The van der Waals surface area contributed by atoms with Crippen LogP contribution in [0.2, 0.25) is 0 Å². The molecule has 0 bridgehead atoms. The summed E-state index contributed by atoms with van der Waals surface area (Å²) in [6.07, 6.45) is 0. The SMILES string of the molecule is [CH2-][NH+]1CC(C)NCC1C. The smallest absolute Gasteiger partial charge is 0.0733 e. The number of nitrogens with one attached hydrogen (secondary N) is 2. The Morgan fingerprint density at radius 3 is 2.67 bits per heavy atom. The lowest BCUT2D eigenvalue weighted by atomic mass is 10.2. The lowest BCUT2D eigenvalue weighted by Gasteiger charge is -2.36. The summed E-state index contributed by atoms with van der Waals surface area (Å²) in [7, 11) is 4.01. The summed E-state index contributed by atoms with van der Waals surface area (Å²) in [5, 5.41) is 3.40. The average molecular weight is 128 g/mol. The fourth-order valence-corrected chi connectivity index (χ4v) is 1.19. The van der Waals surface area contributed by atoms with Gasteiger partial charge in [0.1, 0.15) is 0 Å². The highest BCUT2D eigenvalue weighted by Gasteiger charge is 2.17. The second-order valence-electron chi connectivity index (χ2n) is 3.07. The minimum atomic E-state index is 0.647. The van der Waals surface area contributed by atoms with Gasteiger partial charge in [-0.1, -0.05) is 0 Å². The van der Waals surface area contributed by atoms with Gasteiger partial charge in [-0.25, -0.2) is 0 Å². The topological polar surface area (TPSA) is 16.5 Å². The molecule has 0 amide bonds. The highest BCUT2D eigenvalue weighted by Crippen LogP contribution is 1.84. The van der Waals surface area contributed by atoms with Crippen molar-refractivity contribution in [1.29, 1.82) is 0 Å². The number of rotatable bonds is 0. The van der Waals surface area contributed by atoms with E-state index in [-0.39, 0.29) is 0 Å². The number of hydrogen-bond acceptors (Lipinski definition) is 1. The molecule has 1 heterocycles. The Balaban J connectivity index is 2.35. The molecule has 3 atom stereocenters. The second kappa shape index (κ2) is 2.67. The third-order valence-corrected chi connectivity index (χ3v) is 2.04. The summed E-state index contributed by atoms with van der Waals surface area (Å²) < 4.78 is 0. The maximum absolute atomic E-state index is 4.01. The first-order chi connectivity index (χ1) is 4.20. The molecule has 3 unspecified atom stereocenters. The van der Waals surface area contributed by atoms with E-state index in [2.05, 4.69) is 26.2 Å². The summed E-state index contributed by atoms with van der Waals surface area (Å²) in [6.45, 7) is 6.69. The van der Waals surface area contributed by atoms with Crippen LogP contribution in [0, 0.1) is 7.05 Å². The van der Waals surface area contributed by atoms with Gasteiger partial charge in [0.05, 0.1) is 18.6 Å². The summed E-state index contributed by atoms with van der Waals surface area (Å²) in [5.41, 5.74) is 0. The Bertz CT molecular complexity index is 92.9. The van der Waals surface area contributed by atoms with Gasteiger partial charge in [-0.15, -0.1) is 0 Å². The van der Waals surface area contributed by atoms with Gasteiger partial charge < -0.3 is 10.2 Å². The summed E-state index contributed by atoms with van der Waals surface area (Å²) in [5.74, 6) is 0. The highest BCUT2D eigenvalue weighted by atomic mass is 15.2. The molecule has 0 spiro atoms. The van der Waals surface area contributed by atoms with Crippen molar-refractivity contribution in [3.05, 3.63) is 7.05 Å². The fraction of sp³-hybridized carbons (Fsp3) is 0.857. The number of piperazine rings is 1. The van der Waals surface area contributed by atoms with E-state index >= 15 is 0 Å². The van der Waals surface area contributed by atoms with Crippen LogP contribution in [0.1, 0.15) is 13.8 Å². The molecule has 1 fully saturated rings. The van der Waals surface area contributed by atoms with E-state index in [0.717, 1.165) is 13.1 Å². The molecule has 2 N–H and O–H groups in total. The van der Waals surface area contributed by atoms with Crippen LogP contribution in [0.25, 0.3) is 0 Å². The molecule has 1 aliphatic heterocycles. The number of quaternary nitrogens is 1. The third-order valence-electron chi connectivity index (χ3n) is 2.04. The zero-order chi connectivity index (χ0) is 6.85. The highest BCUT2D eigenvalue weighted by molar-refractivity contribution is 4.66. The molecule has 0 aromatic heterocycles. The molecule has 9 heavy (non-hydrogen) atoms. The molecule has 0 aromatic carbocycles. The molecular formula is C7H16N2. The Hall–Kier alpha value is -0.0800. The van der Waals surface area contributed by atoms with Crippen molar-refractivity contribution >= 4 is 0 Å². The van der Waals surface area contributed by atoms with Crippen LogP contribution in [0.4, 0.5) is 0 Å². The minimum absolute atomic E-state index is 0.647. The van der Waals surface area contributed by atoms with Gasteiger partial charge in [-0.05, 0) is 13.8 Å². The van der Waals surface area contributed by atoms with E-state index in [1.54, 1.807) is 0 Å². The van der Waals surface area contributed by atoms with Crippen LogP contribution in [0.3, 0.4) is 0 Å². The summed E-state index contributed by atoms with van der Waals surface area (Å²) in [6, 6.07) is 1.33. The van der Waals surface area contributed by atoms with Crippen molar-refractivity contribution in [2.24, 2.45) is 0 Å². The predicted octanol–water partition coefficient (Wildman–Crippen LogP) is -0.957. The lowest BCUT2D eigenvalue weighted by molar-refractivity contribution is -0.883. The van der Waals surface area contributed by atoms with Crippen molar-refractivity contribution in [3.8, 4) is 0 Å². The second-order valence-corrected chi connectivity index (χ2v) is 3.07. The quantitative estimate of drug-likeness (QED) is 0.402. The van der Waals surface area contributed by atoms with Gasteiger partial charge in [0.2, 0.25) is 0 Å². The number of hydrogen-bond donors (Lipinski definition) is 2. The lowest BCUT2D eigenvalue weighted by Crippen LogP contribution is -3.14. The average Bonchev–Trinajstić information content (AvgIpc) is 1.80. The summed E-state index contributed by atoms with van der Waals surface area (Å²) >= 11 is 0. The van der Waals surface area contributed by atoms with E-state index in [1.165, 1.54) is 4.90 Å². The molecule has 1 saturated heterocycles. The molecule has 54 valence electrons. The monoisotopic (exact) mass is 128 g/mol. The molecule has 0 saturated carbocycles. The van der Waals surface area contributed by atoms with E-state index in [4.69, 9.17) is 0 Å². The summed E-state index contributed by atoms with van der Waals surface area (Å²) in [4.78, 5) is 1.40. The van der Waals surface area contributed by atoms with Crippen molar-refractivity contribution in [1.82, 2.24) is 5.32 Å². The van der Waals surface area contributed by atoms with Gasteiger partial charge in [-0.3, -0.25) is 0 Å². The molecule has 0 radical (unpaired) electrons. The first-order valence-corrected chi connectivity index (χ1v) is 3.61. The van der Waals surface area contributed by atoms with Crippen LogP contribution >= 0.6 is 0 Å². The zero-order valence-electron chi connectivity index (χ0n) is 6.28. The van der Waals surface area contributed by atoms with Gasteiger partial charge in [0.15, 0.2) is 0 Å². The van der Waals surface area contributed by atoms with E-state index < -0.39 is 0 Å². The van der Waals surface area contributed by atoms with Crippen molar-refractivity contribution < 1.29 is 4.90 Å². The van der Waals surface area contributed by atoms with E-state index in [0.29, 0.717) is 12.1 Å². The van der Waals surface area contributed by atoms with Crippen LogP contribution in [0.5, 0.6) is 0 Å². The maximum atomic E-state index is 4.01. The van der Waals surface area contributed by atoms with Crippen molar-refractivity contribution in [2.75, 3.05) is 13.1 Å². The van der Waals surface area contributed by atoms with Gasteiger partial charge >= 0.3 is 0 Å². The van der Waals surface area contributed by atoms with Gasteiger partial charge in [0, 0.05) is 6.54 Å². The van der Waals surface area contributed by atoms with Crippen LogP contribution in [0.15, 0.2) is 0 Å². The van der Waals surface area contributed by atoms with E-state index in [9.17, 15) is 0 Å². The van der Waals surface area contributed by atoms with Crippen molar-refractivity contribution in [2.45, 2.75) is 25.9 Å². The fourth-order valence-electron chi connectivity index (χ4n) is 1.19. The Morgan fingerprint density at radius 1 is 1.56 bits per heavy atom. The molecule has 1 aliphatic rings. The van der Waals surface area contributed by atoms with Crippen LogP contribution in [-0.4, -0.2) is 25.2 Å². The predicted molar refractivity (Wildman–Crippen MR) is 38.1 cm³/mol. The largest absolute Gasteiger partial charge is 0.463 e. The van der Waals surface area contributed by atoms with Crippen LogP contribution < -0.4 is 10.2 Å². The Labute approximate surface area is 57.2 Å². The molecule has 0 aromatic rings. The molecule has 1 rings (SSSR count). The van der Waals surface area contributed by atoms with Crippen LogP contribution in [-0.2, 0) is 0 Å². The molecule has 0 aliphatic carbocycles. The minimum Gasteiger partial charge on any atom is -0.463 e. The first kappa shape index (κ1) is 7.03. The van der Waals surface area contributed by atoms with Gasteiger partial charge in [0.25, 0.3) is 0 Å². The normalized spacial score (nSPS) is 45.0. The third kappa shape index (κ3) is 1.66. The maximum Gasteiger partial charge on any atom is 0.0733 e. The molecule has 2 nitrogen and oxygen atoms in total. The molecule has 2 heteroatoms. The first-order valence-electron chi connectivity index (χ1n) is 3.61. The van der Waals surface area contributed by atoms with Gasteiger partial charge in [-0.2, -0.15) is 7.05 Å². The standard InChI is InChI=1S/C7H16N2/c1-6-5-9(3)7(2)4-8-6/h6-9H,3-5H2,1-2H3. The Kier molecular flexibility index (Phi) is 2.09. The molecular weight excluding hydrogens is 112 g/mol. The van der Waals surface area contributed by atoms with E-state index in [1.807, 2.05) is 0 Å². The zero-order valence-corrected chi connectivity index (χ0v) is 6.28.